The van der Waals surface area contributed by atoms with Crippen molar-refractivity contribution in [2.24, 2.45) is 0 Å². The van der Waals surface area contributed by atoms with E-state index in [9.17, 15) is 22.8 Å². The summed E-state index contributed by atoms with van der Waals surface area (Å²) in [6, 6.07) is 10.3. The molecule has 8 heteroatoms. The summed E-state index contributed by atoms with van der Waals surface area (Å²) in [5.41, 5.74) is -0.583. The number of halogens is 3. The number of carbonyl (C=O) groups excluding carboxylic acids is 2. The molecule has 2 aromatic carbocycles. The largest absolute Gasteiger partial charge is 0.479 e. The lowest BCUT2D eigenvalue weighted by molar-refractivity contribution is -0.151. The standard InChI is InChI=1S/C21H22F3NO4/c1-3-4-12-28-20(27)14(2)29-18-10-8-15(9-11-18)19(26)25-17-7-5-6-16(13-17)21(22,23)24/h5-11,13-14H,3-4,12H2,1-2H3,(H,25,26)/t14-/m0/s1. The van der Waals surface area contributed by atoms with E-state index < -0.39 is 29.7 Å². The Bertz CT molecular complexity index is 835. The van der Waals surface area contributed by atoms with Crippen molar-refractivity contribution in [1.29, 1.82) is 0 Å². The van der Waals surface area contributed by atoms with Gasteiger partial charge in [-0.15, -0.1) is 0 Å². The molecule has 0 aliphatic rings. The van der Waals surface area contributed by atoms with Crippen molar-refractivity contribution in [3.05, 3.63) is 59.7 Å². The number of nitrogens with one attached hydrogen (secondary N) is 1. The maximum Gasteiger partial charge on any atom is 0.416 e. The first kappa shape index (κ1) is 22.3. The quantitative estimate of drug-likeness (QED) is 0.489. The van der Waals surface area contributed by atoms with Crippen LogP contribution in [0.4, 0.5) is 18.9 Å². The highest BCUT2D eigenvalue weighted by molar-refractivity contribution is 6.04. The van der Waals surface area contributed by atoms with Gasteiger partial charge in [0, 0.05) is 11.3 Å². The van der Waals surface area contributed by atoms with Gasteiger partial charge in [-0.3, -0.25) is 4.79 Å². The number of rotatable bonds is 8. The SMILES string of the molecule is CCCCOC(=O)[C@H](C)Oc1ccc(C(=O)Nc2cccc(C(F)(F)F)c2)cc1. The second-order valence-corrected chi connectivity index (χ2v) is 6.34. The van der Waals surface area contributed by atoms with Gasteiger partial charge in [-0.2, -0.15) is 13.2 Å². The second kappa shape index (κ2) is 9.95. The maximum absolute atomic E-state index is 12.8. The summed E-state index contributed by atoms with van der Waals surface area (Å²) in [6.07, 6.45) is -3.62. The maximum atomic E-state index is 12.8. The zero-order valence-electron chi connectivity index (χ0n) is 16.1. The molecular formula is C21H22F3NO4. The van der Waals surface area contributed by atoms with Crippen LogP contribution >= 0.6 is 0 Å². The number of hydrogen-bond acceptors (Lipinski definition) is 4. The molecule has 0 heterocycles. The smallest absolute Gasteiger partial charge is 0.416 e. The second-order valence-electron chi connectivity index (χ2n) is 6.34. The van der Waals surface area contributed by atoms with Crippen LogP contribution in [0.5, 0.6) is 5.75 Å². The molecule has 0 saturated carbocycles. The highest BCUT2D eigenvalue weighted by Gasteiger charge is 2.30. The van der Waals surface area contributed by atoms with Gasteiger partial charge in [-0.05, 0) is 55.8 Å². The molecular weight excluding hydrogens is 387 g/mol. The fourth-order valence-electron chi connectivity index (χ4n) is 2.35. The minimum absolute atomic E-state index is 0.0357. The van der Waals surface area contributed by atoms with Gasteiger partial charge in [0.1, 0.15) is 5.75 Å². The number of carbonyl (C=O) groups is 2. The van der Waals surface area contributed by atoms with E-state index in [-0.39, 0.29) is 11.3 Å². The van der Waals surface area contributed by atoms with Crippen molar-refractivity contribution in [2.75, 3.05) is 11.9 Å². The van der Waals surface area contributed by atoms with E-state index in [4.69, 9.17) is 9.47 Å². The van der Waals surface area contributed by atoms with E-state index in [2.05, 4.69) is 5.32 Å². The highest BCUT2D eigenvalue weighted by Crippen LogP contribution is 2.30. The molecule has 0 aromatic heterocycles. The average molecular weight is 409 g/mol. The Morgan fingerprint density at radius 3 is 2.41 bits per heavy atom. The number of benzene rings is 2. The van der Waals surface area contributed by atoms with Crippen LogP contribution in [-0.2, 0) is 15.7 Å². The summed E-state index contributed by atoms with van der Waals surface area (Å²) < 4.78 is 48.8. The highest BCUT2D eigenvalue weighted by atomic mass is 19.4. The Balaban J connectivity index is 1.96. The number of ether oxygens (including phenoxy) is 2. The number of anilines is 1. The van der Waals surface area contributed by atoms with Crippen molar-refractivity contribution >= 4 is 17.6 Å². The Morgan fingerprint density at radius 1 is 1.10 bits per heavy atom. The van der Waals surface area contributed by atoms with E-state index in [0.717, 1.165) is 25.0 Å². The molecule has 2 rings (SSSR count). The van der Waals surface area contributed by atoms with Crippen LogP contribution in [-0.4, -0.2) is 24.6 Å². The molecule has 2 aromatic rings. The molecule has 0 radical (unpaired) electrons. The lowest BCUT2D eigenvalue weighted by Crippen LogP contribution is -2.26. The molecule has 0 aliphatic heterocycles. The van der Waals surface area contributed by atoms with Gasteiger partial charge in [-0.25, -0.2) is 4.79 Å². The lowest BCUT2D eigenvalue weighted by Gasteiger charge is -2.14. The molecule has 0 fully saturated rings. The van der Waals surface area contributed by atoms with Crippen molar-refractivity contribution in [1.82, 2.24) is 0 Å². The zero-order chi connectivity index (χ0) is 21.4. The average Bonchev–Trinajstić information content (AvgIpc) is 2.68. The summed E-state index contributed by atoms with van der Waals surface area (Å²) in [6.45, 7) is 3.87. The normalized spacial score (nSPS) is 12.2. The predicted octanol–water partition coefficient (Wildman–Crippen LogP) is 5.07. The van der Waals surface area contributed by atoms with E-state index in [0.29, 0.717) is 12.4 Å². The number of unbranched alkanes of at least 4 members (excludes halogenated alkanes) is 1. The van der Waals surface area contributed by atoms with Crippen molar-refractivity contribution in [3.8, 4) is 5.75 Å². The van der Waals surface area contributed by atoms with Crippen LogP contribution in [0.3, 0.4) is 0 Å². The van der Waals surface area contributed by atoms with Gasteiger partial charge >= 0.3 is 12.1 Å². The fourth-order valence-corrected chi connectivity index (χ4v) is 2.35. The minimum atomic E-state index is -4.49. The van der Waals surface area contributed by atoms with Gasteiger partial charge in [0.05, 0.1) is 12.2 Å². The predicted molar refractivity (Wildman–Crippen MR) is 102 cm³/mol. The Morgan fingerprint density at radius 2 is 1.79 bits per heavy atom. The molecule has 1 N–H and O–H groups in total. The number of hydrogen-bond donors (Lipinski definition) is 1. The molecule has 1 atom stereocenters. The number of alkyl halides is 3. The Labute approximate surface area is 166 Å². The van der Waals surface area contributed by atoms with Crippen LogP contribution in [0, 0.1) is 0 Å². The third-order valence-corrected chi connectivity index (χ3v) is 3.95. The first-order chi connectivity index (χ1) is 13.7. The monoisotopic (exact) mass is 409 g/mol. The molecule has 156 valence electrons. The van der Waals surface area contributed by atoms with Crippen molar-refractivity contribution in [2.45, 2.75) is 39.0 Å². The van der Waals surface area contributed by atoms with Gasteiger partial charge in [0.15, 0.2) is 6.10 Å². The van der Waals surface area contributed by atoms with E-state index >= 15 is 0 Å². The lowest BCUT2D eigenvalue weighted by atomic mass is 10.1. The molecule has 0 spiro atoms. The zero-order valence-corrected chi connectivity index (χ0v) is 16.1. The van der Waals surface area contributed by atoms with Crippen LogP contribution in [0.2, 0.25) is 0 Å². The fraction of sp³-hybridized carbons (Fsp3) is 0.333. The molecule has 0 unspecified atom stereocenters. The summed E-state index contributed by atoms with van der Waals surface area (Å²) in [4.78, 5) is 24.1. The van der Waals surface area contributed by atoms with Crippen molar-refractivity contribution < 1.29 is 32.2 Å². The van der Waals surface area contributed by atoms with Crippen molar-refractivity contribution in [3.63, 3.8) is 0 Å². The minimum Gasteiger partial charge on any atom is -0.479 e. The molecule has 29 heavy (non-hydrogen) atoms. The van der Waals surface area contributed by atoms with Crippen LogP contribution < -0.4 is 10.1 Å². The molecule has 0 aliphatic carbocycles. The van der Waals surface area contributed by atoms with Crippen LogP contribution in [0.1, 0.15) is 42.6 Å². The van der Waals surface area contributed by atoms with E-state index in [1.807, 2.05) is 6.92 Å². The first-order valence-electron chi connectivity index (χ1n) is 9.12. The summed E-state index contributed by atoms with van der Waals surface area (Å²) in [7, 11) is 0. The summed E-state index contributed by atoms with van der Waals surface area (Å²) in [5.74, 6) is -0.687. The topological polar surface area (TPSA) is 64.6 Å². The van der Waals surface area contributed by atoms with E-state index in [1.54, 1.807) is 6.92 Å². The third kappa shape index (κ3) is 6.81. The van der Waals surface area contributed by atoms with Gasteiger partial charge in [0.2, 0.25) is 0 Å². The Hall–Kier alpha value is -3.03. The first-order valence-corrected chi connectivity index (χ1v) is 9.12. The third-order valence-electron chi connectivity index (χ3n) is 3.95. The number of amides is 1. The molecule has 1 amide bonds. The molecule has 5 nitrogen and oxygen atoms in total. The summed E-state index contributed by atoms with van der Waals surface area (Å²) in [5, 5.41) is 2.42. The number of esters is 1. The Kier molecular flexibility index (Phi) is 7.64. The molecule has 0 saturated heterocycles. The van der Waals surface area contributed by atoms with Gasteiger partial charge in [-0.1, -0.05) is 19.4 Å². The summed E-state index contributed by atoms with van der Waals surface area (Å²) >= 11 is 0. The van der Waals surface area contributed by atoms with E-state index in [1.165, 1.54) is 36.4 Å². The van der Waals surface area contributed by atoms with Crippen LogP contribution in [0.15, 0.2) is 48.5 Å². The van der Waals surface area contributed by atoms with Gasteiger partial charge in [0.25, 0.3) is 5.91 Å². The van der Waals surface area contributed by atoms with Crippen LogP contribution in [0.25, 0.3) is 0 Å². The van der Waals surface area contributed by atoms with Gasteiger partial charge < -0.3 is 14.8 Å². The molecule has 0 bridgehead atoms.